The molecule has 46 valence electrons. The molecule has 1 heterocycles. The Morgan fingerprint density at radius 2 is 1.56 bits per heavy atom. The van der Waals surface area contributed by atoms with Gasteiger partial charge in [-0.05, 0) is 11.3 Å². The zero-order valence-corrected chi connectivity index (χ0v) is 4.42. The van der Waals surface area contributed by atoms with Crippen LogP contribution in [0.4, 0.5) is 0 Å². The molecule has 1 aromatic heterocycles. The summed E-state index contributed by atoms with van der Waals surface area (Å²) < 4.78 is 0. The molecule has 0 atom stereocenters. The van der Waals surface area contributed by atoms with Gasteiger partial charge in [-0.15, -0.1) is 10.2 Å². The van der Waals surface area contributed by atoms with Crippen molar-refractivity contribution in [2.75, 3.05) is 0 Å². The van der Waals surface area contributed by atoms with Crippen molar-refractivity contribution in [3.8, 4) is 0 Å². The molecule has 6 heteroatoms. The molecule has 0 fully saturated rings. The molecule has 0 bridgehead atoms. The third-order valence-electron chi connectivity index (χ3n) is 0.409. The lowest BCUT2D eigenvalue weighted by atomic mass is 10.7. The van der Waals surface area contributed by atoms with Crippen LogP contribution in [-0.2, 0) is 0 Å². The third-order valence-corrected chi connectivity index (χ3v) is 0.409. The third kappa shape index (κ3) is 6.32. The van der Waals surface area contributed by atoms with E-state index < -0.39 is 0 Å². The topological polar surface area (TPSA) is 97.4 Å². The second kappa shape index (κ2) is 6.32. The Balaban J connectivity index is 0.000000187. The number of aromatic nitrogens is 3. The molecule has 0 aliphatic rings. The highest BCUT2D eigenvalue weighted by Gasteiger charge is 1.60. The Labute approximate surface area is 51.0 Å². The maximum Gasteiger partial charge on any atom is 0.0529 e. The molecule has 0 amide bonds. The Kier molecular flexibility index (Phi) is 5.14. The van der Waals surface area contributed by atoms with Gasteiger partial charge in [0.25, 0.3) is 0 Å². The van der Waals surface area contributed by atoms with Gasteiger partial charge >= 0.3 is 0 Å². The van der Waals surface area contributed by atoms with Gasteiger partial charge in [-0.1, -0.05) is 0 Å². The molecule has 0 aliphatic carbocycles. The maximum atomic E-state index is 6.75. The van der Waals surface area contributed by atoms with Gasteiger partial charge in [-0.2, -0.15) is 0 Å². The molecule has 0 aliphatic heterocycles. The molecular weight excluding hydrogens is 120 g/mol. The summed E-state index contributed by atoms with van der Waals surface area (Å²) in [6, 6.07) is 1.72. The van der Waals surface area contributed by atoms with Gasteiger partial charge in [0, 0.05) is 0 Å². The average molecular weight is 123 g/mol. The van der Waals surface area contributed by atoms with E-state index in [2.05, 4.69) is 15.4 Å². The van der Waals surface area contributed by atoms with Crippen LogP contribution in [0.15, 0.2) is 18.5 Å². The van der Waals surface area contributed by atoms with Gasteiger partial charge < -0.3 is 11.1 Å². The summed E-state index contributed by atoms with van der Waals surface area (Å²) in [6.45, 7) is 0. The summed E-state index contributed by atoms with van der Waals surface area (Å²) in [5.74, 6) is 0. The average Bonchev–Trinajstić information content (AvgIpc) is 1.93. The monoisotopic (exact) mass is 123 g/mol. The molecule has 0 unspecified atom stereocenters. The summed E-state index contributed by atoms with van der Waals surface area (Å²) >= 11 is 0. The summed E-state index contributed by atoms with van der Waals surface area (Å²) in [5, 5.41) is 10.1. The van der Waals surface area contributed by atoms with Crippen molar-refractivity contribution in [2.24, 2.45) is 0 Å². The highest BCUT2D eigenvalue weighted by Crippen LogP contribution is 1.61. The largest absolute Gasteiger partial charge is 0.373 e. The van der Waals surface area contributed by atoms with E-state index in [1.165, 1.54) is 4.91 Å². The fourth-order valence-corrected chi connectivity index (χ4v) is 0.205. The lowest BCUT2D eigenvalue weighted by Crippen LogP contribution is -1.78. The van der Waals surface area contributed by atoms with Gasteiger partial charge in [0.15, 0.2) is 0 Å². The smallest absolute Gasteiger partial charge is 0.0529 e. The Morgan fingerprint density at radius 3 is 1.67 bits per heavy atom. The molecule has 1 aromatic rings. The van der Waals surface area contributed by atoms with E-state index in [0.29, 0.717) is 0 Å². The number of nitrogens with zero attached hydrogens (tertiary/aromatic N) is 6. The summed E-state index contributed by atoms with van der Waals surface area (Å²) in [5.41, 5.74) is 13.5. The zero-order chi connectivity index (χ0) is 6.95. The number of rotatable bonds is 0. The predicted molar refractivity (Wildman–Crippen MR) is 29.9 cm³/mol. The summed E-state index contributed by atoms with van der Waals surface area (Å²) in [6.07, 6.45) is 3.15. The highest BCUT2D eigenvalue weighted by atomic mass is 15.3. The Hall–Kier alpha value is -1.68. The number of hydrogen-bond donors (Lipinski definition) is 0. The van der Waals surface area contributed by atoms with Crippen LogP contribution in [0.2, 0.25) is 0 Å². The maximum absolute atomic E-state index is 6.75. The first-order valence-electron chi connectivity index (χ1n) is 1.98. The highest BCUT2D eigenvalue weighted by molar-refractivity contribution is 4.69. The minimum Gasteiger partial charge on any atom is -0.373 e. The standard InChI is InChI=1S/C3H3N3.N3/c1-2-4-6-5-3-1;1-3-2/h1-3H;/q;-1. The van der Waals surface area contributed by atoms with Crippen molar-refractivity contribution < 1.29 is 0 Å². The molecule has 0 spiro atoms. The first-order valence-corrected chi connectivity index (χ1v) is 1.98. The van der Waals surface area contributed by atoms with Gasteiger partial charge in [-0.3, -0.25) is 4.91 Å². The molecular formula is C3H3N6-. The zero-order valence-electron chi connectivity index (χ0n) is 4.42. The fourth-order valence-electron chi connectivity index (χ4n) is 0.205. The predicted octanol–water partition coefficient (Wildman–Crippen LogP) is 0.738. The van der Waals surface area contributed by atoms with E-state index in [4.69, 9.17) is 11.1 Å². The first-order chi connectivity index (χ1) is 4.41. The van der Waals surface area contributed by atoms with E-state index in [9.17, 15) is 0 Å². The molecule has 0 radical (unpaired) electrons. The van der Waals surface area contributed by atoms with Crippen LogP contribution in [0.3, 0.4) is 0 Å². The van der Waals surface area contributed by atoms with Gasteiger partial charge in [0.1, 0.15) is 0 Å². The Bertz CT molecular complexity index is 138. The van der Waals surface area contributed by atoms with Crippen LogP contribution >= 0.6 is 0 Å². The van der Waals surface area contributed by atoms with Crippen molar-refractivity contribution in [1.82, 2.24) is 15.4 Å². The molecule has 9 heavy (non-hydrogen) atoms. The van der Waals surface area contributed by atoms with E-state index in [1.54, 1.807) is 18.5 Å². The summed E-state index contributed by atoms with van der Waals surface area (Å²) in [4.78, 5) is 1.50. The van der Waals surface area contributed by atoms with E-state index in [-0.39, 0.29) is 0 Å². The minimum absolute atomic E-state index is 1.50. The van der Waals surface area contributed by atoms with Crippen LogP contribution < -0.4 is 0 Å². The summed E-state index contributed by atoms with van der Waals surface area (Å²) in [7, 11) is 0. The first kappa shape index (κ1) is 7.32. The van der Waals surface area contributed by atoms with Crippen molar-refractivity contribution in [1.29, 1.82) is 0 Å². The van der Waals surface area contributed by atoms with Gasteiger partial charge in [-0.25, -0.2) is 0 Å². The molecule has 0 saturated carbocycles. The van der Waals surface area contributed by atoms with Crippen LogP contribution in [0.5, 0.6) is 0 Å². The van der Waals surface area contributed by atoms with Gasteiger partial charge in [0.05, 0.1) is 12.4 Å². The van der Waals surface area contributed by atoms with Crippen LogP contribution in [0, 0.1) is 0 Å². The Morgan fingerprint density at radius 1 is 1.11 bits per heavy atom. The quantitative estimate of drug-likeness (QED) is 0.289. The van der Waals surface area contributed by atoms with Crippen molar-refractivity contribution in [2.45, 2.75) is 0 Å². The molecule has 6 nitrogen and oxygen atoms in total. The van der Waals surface area contributed by atoms with Crippen LogP contribution in [0.1, 0.15) is 0 Å². The second-order valence-corrected chi connectivity index (χ2v) is 0.900. The van der Waals surface area contributed by atoms with Crippen molar-refractivity contribution in [3.05, 3.63) is 34.4 Å². The molecule has 0 N–H and O–H groups in total. The van der Waals surface area contributed by atoms with E-state index in [1.807, 2.05) is 0 Å². The second-order valence-electron chi connectivity index (χ2n) is 0.900. The lowest BCUT2D eigenvalue weighted by Gasteiger charge is -1.68. The van der Waals surface area contributed by atoms with Gasteiger partial charge in [0.2, 0.25) is 0 Å². The lowest BCUT2D eigenvalue weighted by molar-refractivity contribution is 0.865. The molecule has 0 aromatic carbocycles. The van der Waals surface area contributed by atoms with E-state index in [0.717, 1.165) is 0 Å². The minimum atomic E-state index is 1.50. The number of hydrogen-bond acceptors (Lipinski definition) is 3. The van der Waals surface area contributed by atoms with Crippen LogP contribution in [0.25, 0.3) is 16.0 Å². The SMILES string of the molecule is [N-]=[N+]=[N-].c1cnnnc1. The normalized spacial score (nSPS) is 6.22. The van der Waals surface area contributed by atoms with E-state index >= 15 is 0 Å². The molecule has 1 rings (SSSR count). The fraction of sp³-hybridized carbons (Fsp3) is 0. The van der Waals surface area contributed by atoms with Crippen molar-refractivity contribution in [3.63, 3.8) is 0 Å². The molecule has 0 saturated heterocycles. The van der Waals surface area contributed by atoms with Crippen molar-refractivity contribution >= 4 is 0 Å². The van der Waals surface area contributed by atoms with Crippen LogP contribution in [-0.4, -0.2) is 15.4 Å².